The van der Waals surface area contributed by atoms with Crippen LogP contribution in [0, 0.1) is 11.8 Å². The number of benzene rings is 1. The lowest BCUT2D eigenvalue weighted by Gasteiger charge is -2.45. The lowest BCUT2D eigenvalue weighted by molar-refractivity contribution is -0.129. The highest BCUT2D eigenvalue weighted by atomic mass is 35.5. The molecule has 0 bridgehead atoms. The van der Waals surface area contributed by atoms with Crippen LogP contribution in [-0.2, 0) is 4.79 Å². The van der Waals surface area contributed by atoms with Gasteiger partial charge in [-0.2, -0.15) is 0 Å². The summed E-state index contributed by atoms with van der Waals surface area (Å²) in [6.45, 7) is 6.10. The van der Waals surface area contributed by atoms with Crippen molar-refractivity contribution in [2.24, 2.45) is 17.6 Å². The lowest BCUT2D eigenvalue weighted by atomic mass is 9.67. The van der Waals surface area contributed by atoms with Crippen molar-refractivity contribution < 1.29 is 4.79 Å². The monoisotopic (exact) mass is 328 g/mol. The molecular formula is C16H22Cl2N2O. The Morgan fingerprint density at radius 2 is 1.95 bits per heavy atom. The van der Waals surface area contributed by atoms with Gasteiger partial charge < -0.3 is 5.73 Å². The standard InChI is InChI=1S/C16H22Cl2N2O/c1-3-20(4-2)15(11-6-7-12(11)16(19)21)10-5-8-13(17)14(18)9-10/h5,8-9,11-12,15H,3-4,6-7H2,1-2H3,(H2,19,21). The lowest BCUT2D eigenvalue weighted by Crippen LogP contribution is -2.46. The summed E-state index contributed by atoms with van der Waals surface area (Å²) in [5.74, 6) is 0.0353. The van der Waals surface area contributed by atoms with Crippen molar-refractivity contribution >= 4 is 29.1 Å². The zero-order valence-corrected chi connectivity index (χ0v) is 14.0. The Morgan fingerprint density at radius 3 is 2.38 bits per heavy atom. The van der Waals surface area contributed by atoms with Gasteiger partial charge in [0.2, 0.25) is 5.91 Å². The van der Waals surface area contributed by atoms with Crippen molar-refractivity contribution in [3.8, 4) is 0 Å². The van der Waals surface area contributed by atoms with Crippen LogP contribution in [0.15, 0.2) is 18.2 Å². The van der Waals surface area contributed by atoms with Crippen LogP contribution in [0.25, 0.3) is 0 Å². The highest BCUT2D eigenvalue weighted by Crippen LogP contribution is 2.46. The van der Waals surface area contributed by atoms with Crippen LogP contribution in [0.1, 0.15) is 38.3 Å². The molecule has 0 aromatic heterocycles. The minimum absolute atomic E-state index is 0.0370. The number of rotatable bonds is 6. The van der Waals surface area contributed by atoms with Gasteiger partial charge in [0.15, 0.2) is 0 Å². The van der Waals surface area contributed by atoms with E-state index in [4.69, 9.17) is 28.9 Å². The van der Waals surface area contributed by atoms with Crippen LogP contribution in [0.2, 0.25) is 10.0 Å². The molecule has 0 spiro atoms. The molecule has 5 heteroatoms. The summed E-state index contributed by atoms with van der Waals surface area (Å²) in [7, 11) is 0. The fraction of sp³-hybridized carbons (Fsp3) is 0.562. The van der Waals surface area contributed by atoms with Crippen LogP contribution >= 0.6 is 23.2 Å². The van der Waals surface area contributed by atoms with Crippen LogP contribution in [0.4, 0.5) is 0 Å². The fourth-order valence-electron chi connectivity index (χ4n) is 3.30. The second-order valence-electron chi connectivity index (χ2n) is 5.59. The molecule has 21 heavy (non-hydrogen) atoms. The van der Waals surface area contributed by atoms with E-state index in [-0.39, 0.29) is 23.8 Å². The molecule has 2 N–H and O–H groups in total. The minimum atomic E-state index is -0.191. The first-order valence-corrected chi connectivity index (χ1v) is 8.23. The second kappa shape index (κ2) is 6.99. The number of halogens is 2. The number of primary amides is 1. The SMILES string of the molecule is CCN(CC)C(c1ccc(Cl)c(Cl)c1)C1CCC1C(N)=O. The van der Waals surface area contributed by atoms with Crippen LogP contribution in [-0.4, -0.2) is 23.9 Å². The average molecular weight is 329 g/mol. The highest BCUT2D eigenvalue weighted by molar-refractivity contribution is 6.42. The summed E-state index contributed by atoms with van der Waals surface area (Å²) >= 11 is 12.2. The largest absolute Gasteiger partial charge is 0.369 e. The molecule has 0 radical (unpaired) electrons. The summed E-state index contributed by atoms with van der Waals surface area (Å²) in [4.78, 5) is 14.0. The molecule has 1 aromatic carbocycles. The van der Waals surface area contributed by atoms with E-state index in [0.29, 0.717) is 10.0 Å². The molecule has 1 fully saturated rings. The van der Waals surface area contributed by atoms with Crippen molar-refractivity contribution in [3.05, 3.63) is 33.8 Å². The molecule has 1 aliphatic carbocycles. The number of nitrogens with zero attached hydrogens (tertiary/aromatic N) is 1. The van der Waals surface area contributed by atoms with E-state index < -0.39 is 0 Å². The van der Waals surface area contributed by atoms with Gasteiger partial charge in [-0.1, -0.05) is 43.1 Å². The Labute approximate surface area is 136 Å². The van der Waals surface area contributed by atoms with E-state index in [1.807, 2.05) is 18.2 Å². The topological polar surface area (TPSA) is 46.3 Å². The number of carbonyl (C=O) groups is 1. The Morgan fingerprint density at radius 1 is 1.29 bits per heavy atom. The van der Waals surface area contributed by atoms with Crippen LogP contribution in [0.3, 0.4) is 0 Å². The zero-order chi connectivity index (χ0) is 15.6. The molecule has 3 atom stereocenters. The average Bonchev–Trinajstić information content (AvgIpc) is 2.40. The third-order valence-electron chi connectivity index (χ3n) is 4.59. The van der Waals surface area contributed by atoms with Crippen molar-refractivity contribution in [2.75, 3.05) is 13.1 Å². The predicted octanol–water partition coefficient (Wildman–Crippen LogP) is 3.89. The van der Waals surface area contributed by atoms with Crippen molar-refractivity contribution in [1.82, 2.24) is 4.90 Å². The number of hydrogen-bond acceptors (Lipinski definition) is 2. The van der Waals surface area contributed by atoms with Crippen molar-refractivity contribution in [3.63, 3.8) is 0 Å². The van der Waals surface area contributed by atoms with Crippen LogP contribution in [0.5, 0.6) is 0 Å². The third kappa shape index (κ3) is 3.36. The second-order valence-corrected chi connectivity index (χ2v) is 6.40. The summed E-state index contributed by atoms with van der Waals surface area (Å²) in [6, 6.07) is 5.92. The summed E-state index contributed by atoms with van der Waals surface area (Å²) in [6.07, 6.45) is 1.91. The maximum atomic E-state index is 11.6. The molecule has 1 amide bonds. The minimum Gasteiger partial charge on any atom is -0.369 e. The van der Waals surface area contributed by atoms with E-state index in [9.17, 15) is 4.79 Å². The Hall–Kier alpha value is -0.770. The van der Waals surface area contributed by atoms with Gasteiger partial charge >= 0.3 is 0 Å². The fourth-order valence-corrected chi connectivity index (χ4v) is 3.61. The first-order valence-electron chi connectivity index (χ1n) is 7.47. The molecule has 3 unspecified atom stereocenters. The van der Waals surface area contributed by atoms with Gasteiger partial charge in [-0.3, -0.25) is 9.69 Å². The van der Waals surface area contributed by atoms with E-state index in [0.717, 1.165) is 31.5 Å². The normalized spacial score (nSPS) is 22.9. The smallest absolute Gasteiger partial charge is 0.220 e. The number of amides is 1. The van der Waals surface area contributed by atoms with Gasteiger partial charge in [-0.15, -0.1) is 0 Å². The summed E-state index contributed by atoms with van der Waals surface area (Å²) in [5.41, 5.74) is 6.65. The predicted molar refractivity (Wildman–Crippen MR) is 87.5 cm³/mol. The molecule has 3 nitrogen and oxygen atoms in total. The molecule has 2 rings (SSSR count). The summed E-state index contributed by atoms with van der Waals surface area (Å²) < 4.78 is 0. The van der Waals surface area contributed by atoms with Gasteiger partial charge in [0, 0.05) is 12.0 Å². The molecule has 1 aromatic rings. The quantitative estimate of drug-likeness (QED) is 0.861. The first-order chi connectivity index (χ1) is 9.99. The molecule has 1 saturated carbocycles. The highest BCUT2D eigenvalue weighted by Gasteiger charge is 2.42. The first kappa shape index (κ1) is 16.6. The van der Waals surface area contributed by atoms with E-state index in [1.165, 1.54) is 0 Å². The molecule has 0 heterocycles. The number of hydrogen-bond donors (Lipinski definition) is 1. The maximum absolute atomic E-state index is 11.6. The Bertz CT molecular complexity index is 517. The van der Waals surface area contributed by atoms with Crippen LogP contribution < -0.4 is 5.73 Å². The zero-order valence-electron chi connectivity index (χ0n) is 12.5. The molecule has 0 aliphatic heterocycles. The van der Waals surface area contributed by atoms with E-state index in [2.05, 4.69) is 18.7 Å². The van der Waals surface area contributed by atoms with Gasteiger partial charge in [0.25, 0.3) is 0 Å². The Kier molecular flexibility index (Phi) is 5.53. The summed E-state index contributed by atoms with van der Waals surface area (Å²) in [5, 5.41) is 1.11. The maximum Gasteiger partial charge on any atom is 0.220 e. The third-order valence-corrected chi connectivity index (χ3v) is 5.33. The van der Waals surface area contributed by atoms with Gasteiger partial charge in [0.1, 0.15) is 0 Å². The van der Waals surface area contributed by atoms with Crippen molar-refractivity contribution in [2.45, 2.75) is 32.7 Å². The molecule has 1 aliphatic rings. The van der Waals surface area contributed by atoms with E-state index in [1.54, 1.807) is 0 Å². The van der Waals surface area contributed by atoms with E-state index >= 15 is 0 Å². The number of carbonyl (C=O) groups excluding carboxylic acids is 1. The molecule has 116 valence electrons. The molecule has 0 saturated heterocycles. The van der Waals surface area contributed by atoms with Gasteiger partial charge in [0.05, 0.1) is 10.0 Å². The molecular weight excluding hydrogens is 307 g/mol. The van der Waals surface area contributed by atoms with Gasteiger partial charge in [-0.05, 0) is 49.5 Å². The van der Waals surface area contributed by atoms with Gasteiger partial charge in [-0.25, -0.2) is 0 Å². The number of nitrogens with two attached hydrogens (primary N) is 1. The van der Waals surface area contributed by atoms with Crippen molar-refractivity contribution in [1.29, 1.82) is 0 Å². The Balaban J connectivity index is 2.36.